The molecule has 2 heterocycles. The summed E-state index contributed by atoms with van der Waals surface area (Å²) in [7, 11) is 3.48. The molecule has 8 heteroatoms. The molecule has 0 radical (unpaired) electrons. The second-order valence-corrected chi connectivity index (χ2v) is 8.93. The maximum absolute atomic E-state index is 13.0. The number of carbonyl (C=O) groups excluding carboxylic acids is 2. The lowest BCUT2D eigenvalue weighted by molar-refractivity contribution is 0.0600. The molecule has 2 aromatic carbocycles. The zero-order valence-electron chi connectivity index (χ0n) is 20.6. The number of pyridine rings is 1. The molecule has 3 aromatic rings. The summed E-state index contributed by atoms with van der Waals surface area (Å²) in [5.41, 5.74) is 12.8. The molecular weight excluding hydrogens is 442 g/mol. The summed E-state index contributed by atoms with van der Waals surface area (Å²) in [6, 6.07) is 12.5. The van der Waals surface area contributed by atoms with Crippen LogP contribution >= 0.6 is 0 Å². The summed E-state index contributed by atoms with van der Waals surface area (Å²) >= 11 is 0. The van der Waals surface area contributed by atoms with Crippen LogP contribution in [-0.4, -0.2) is 62.1 Å². The molecule has 1 aliphatic rings. The third-order valence-electron chi connectivity index (χ3n) is 6.37. The summed E-state index contributed by atoms with van der Waals surface area (Å²) in [5.74, 6) is -0.654. The summed E-state index contributed by atoms with van der Waals surface area (Å²) < 4.78 is 4.70. The first-order valence-electron chi connectivity index (χ1n) is 11.6. The fourth-order valence-electron chi connectivity index (χ4n) is 4.47. The van der Waals surface area contributed by atoms with Gasteiger partial charge in [-0.05, 0) is 80.1 Å². The van der Waals surface area contributed by atoms with Gasteiger partial charge in [0.15, 0.2) is 0 Å². The third kappa shape index (κ3) is 5.27. The largest absolute Gasteiger partial charge is 0.465 e. The second-order valence-electron chi connectivity index (χ2n) is 8.93. The highest BCUT2D eigenvalue weighted by Gasteiger charge is 2.19. The predicted molar refractivity (Wildman–Crippen MR) is 139 cm³/mol. The van der Waals surface area contributed by atoms with Crippen molar-refractivity contribution in [2.45, 2.75) is 13.8 Å². The molecule has 1 saturated heterocycles. The number of aryl methyl sites for hydroxylation is 2. The standard InChI is InChI=1S/C27H31N5O3/c1-17-13-20(14-18(2)24(17)32-11-9-31(3)10-12-32)21-15-23(25(28)29-16-21)26(33)30-22-7-5-19(6-8-22)27(34)35-4/h5-8,13-16H,9-12H2,1-4H3,(H2,28,29)(H,30,33). The molecular formula is C27H31N5O3. The first-order valence-corrected chi connectivity index (χ1v) is 11.6. The van der Waals surface area contributed by atoms with Crippen molar-refractivity contribution in [3.8, 4) is 11.1 Å². The van der Waals surface area contributed by atoms with Gasteiger partial charge in [0.25, 0.3) is 5.91 Å². The molecule has 8 nitrogen and oxygen atoms in total. The molecule has 0 saturated carbocycles. The van der Waals surface area contributed by atoms with E-state index in [-0.39, 0.29) is 17.3 Å². The Hall–Kier alpha value is -3.91. The van der Waals surface area contributed by atoms with Crippen LogP contribution in [0.4, 0.5) is 17.2 Å². The van der Waals surface area contributed by atoms with Gasteiger partial charge in [-0.25, -0.2) is 9.78 Å². The first-order chi connectivity index (χ1) is 16.8. The first kappa shape index (κ1) is 24.2. The Bertz CT molecular complexity index is 1230. The van der Waals surface area contributed by atoms with Crippen molar-refractivity contribution < 1.29 is 14.3 Å². The molecule has 182 valence electrons. The number of hydrogen-bond donors (Lipinski definition) is 2. The van der Waals surface area contributed by atoms with Gasteiger partial charge in [-0.2, -0.15) is 0 Å². The number of methoxy groups -OCH3 is 1. The monoisotopic (exact) mass is 473 g/mol. The van der Waals surface area contributed by atoms with Crippen molar-refractivity contribution in [1.82, 2.24) is 9.88 Å². The Labute approximate surface area is 205 Å². The number of nitrogens with two attached hydrogens (primary N) is 1. The smallest absolute Gasteiger partial charge is 0.337 e. The van der Waals surface area contributed by atoms with Crippen LogP contribution in [0, 0.1) is 13.8 Å². The van der Waals surface area contributed by atoms with Crippen LogP contribution in [-0.2, 0) is 4.74 Å². The summed E-state index contributed by atoms with van der Waals surface area (Å²) in [6.07, 6.45) is 1.70. The molecule has 3 N–H and O–H groups in total. The summed E-state index contributed by atoms with van der Waals surface area (Å²) in [6.45, 7) is 8.36. The Morgan fingerprint density at radius 3 is 2.20 bits per heavy atom. The van der Waals surface area contributed by atoms with E-state index in [2.05, 4.69) is 53.1 Å². The van der Waals surface area contributed by atoms with Crippen LogP contribution in [0.3, 0.4) is 0 Å². The SMILES string of the molecule is COC(=O)c1ccc(NC(=O)c2cc(-c3cc(C)c(N4CCN(C)CC4)c(C)c3)cnc2N)cc1. The minimum atomic E-state index is -0.437. The van der Waals surface area contributed by atoms with E-state index in [0.717, 1.165) is 37.3 Å². The predicted octanol–water partition coefficient (Wildman–Crippen LogP) is 3.74. The molecule has 1 fully saturated rings. The Balaban J connectivity index is 1.57. The van der Waals surface area contributed by atoms with E-state index < -0.39 is 5.97 Å². The topological polar surface area (TPSA) is 101 Å². The van der Waals surface area contributed by atoms with E-state index in [9.17, 15) is 9.59 Å². The highest BCUT2D eigenvalue weighted by molar-refractivity contribution is 6.08. The van der Waals surface area contributed by atoms with Crippen molar-refractivity contribution in [1.29, 1.82) is 0 Å². The number of ether oxygens (including phenoxy) is 1. The average molecular weight is 474 g/mol. The number of hydrogen-bond acceptors (Lipinski definition) is 7. The van der Waals surface area contributed by atoms with Gasteiger partial charge in [-0.15, -0.1) is 0 Å². The van der Waals surface area contributed by atoms with Gasteiger partial charge in [0.2, 0.25) is 0 Å². The van der Waals surface area contributed by atoms with Crippen molar-refractivity contribution in [3.63, 3.8) is 0 Å². The van der Waals surface area contributed by atoms with Gasteiger partial charge < -0.3 is 25.6 Å². The fraction of sp³-hybridized carbons (Fsp3) is 0.296. The number of benzene rings is 2. The Morgan fingerprint density at radius 2 is 1.60 bits per heavy atom. The van der Waals surface area contributed by atoms with Crippen LogP contribution < -0.4 is 16.0 Å². The van der Waals surface area contributed by atoms with Gasteiger partial charge in [0.05, 0.1) is 18.2 Å². The van der Waals surface area contributed by atoms with Crippen LogP contribution in [0.5, 0.6) is 0 Å². The fourth-order valence-corrected chi connectivity index (χ4v) is 4.47. The number of amides is 1. The number of piperazine rings is 1. The van der Waals surface area contributed by atoms with E-state index in [1.807, 2.05) is 0 Å². The average Bonchev–Trinajstić information content (AvgIpc) is 2.85. The molecule has 1 aliphatic heterocycles. The number of nitrogen functional groups attached to an aromatic ring is 1. The Kier molecular flexibility index (Phi) is 7.02. The number of likely N-dealkylation sites (N-methyl/N-ethyl adjacent to an activating group) is 1. The van der Waals surface area contributed by atoms with E-state index >= 15 is 0 Å². The summed E-state index contributed by atoms with van der Waals surface area (Å²) in [4.78, 5) is 33.7. The van der Waals surface area contributed by atoms with E-state index in [0.29, 0.717) is 11.3 Å². The van der Waals surface area contributed by atoms with Crippen molar-refractivity contribution in [2.24, 2.45) is 0 Å². The lowest BCUT2D eigenvalue weighted by Crippen LogP contribution is -2.45. The van der Waals surface area contributed by atoms with Crippen LogP contribution in [0.25, 0.3) is 11.1 Å². The van der Waals surface area contributed by atoms with Crippen LogP contribution in [0.2, 0.25) is 0 Å². The molecule has 0 bridgehead atoms. The minimum Gasteiger partial charge on any atom is -0.465 e. The number of nitrogens with one attached hydrogen (secondary N) is 1. The van der Waals surface area contributed by atoms with E-state index in [1.165, 1.54) is 23.9 Å². The third-order valence-corrected chi connectivity index (χ3v) is 6.37. The zero-order chi connectivity index (χ0) is 25.1. The van der Waals surface area contributed by atoms with Crippen molar-refractivity contribution in [3.05, 3.63) is 70.9 Å². The number of esters is 1. The quantitative estimate of drug-likeness (QED) is 0.545. The highest BCUT2D eigenvalue weighted by atomic mass is 16.5. The van der Waals surface area contributed by atoms with Gasteiger partial charge in [-0.3, -0.25) is 4.79 Å². The highest BCUT2D eigenvalue weighted by Crippen LogP contribution is 2.32. The normalized spacial score (nSPS) is 14.0. The van der Waals surface area contributed by atoms with Crippen molar-refractivity contribution in [2.75, 3.05) is 56.3 Å². The molecule has 0 aliphatic carbocycles. The van der Waals surface area contributed by atoms with Crippen molar-refractivity contribution >= 4 is 29.1 Å². The lowest BCUT2D eigenvalue weighted by atomic mass is 9.97. The number of nitrogens with zero attached hydrogens (tertiary/aromatic N) is 3. The number of aromatic nitrogens is 1. The van der Waals surface area contributed by atoms with Crippen LogP contribution in [0.15, 0.2) is 48.7 Å². The minimum absolute atomic E-state index is 0.153. The van der Waals surface area contributed by atoms with Gasteiger partial charge in [-0.1, -0.05) is 0 Å². The Morgan fingerprint density at radius 1 is 0.971 bits per heavy atom. The maximum atomic E-state index is 13.0. The number of carbonyl (C=O) groups is 2. The second kappa shape index (κ2) is 10.1. The van der Waals surface area contributed by atoms with Gasteiger partial charge in [0, 0.05) is 49.3 Å². The molecule has 35 heavy (non-hydrogen) atoms. The van der Waals surface area contributed by atoms with Gasteiger partial charge >= 0.3 is 5.97 Å². The molecule has 1 aromatic heterocycles. The molecule has 1 amide bonds. The maximum Gasteiger partial charge on any atom is 0.337 e. The van der Waals surface area contributed by atoms with E-state index in [1.54, 1.807) is 36.5 Å². The summed E-state index contributed by atoms with van der Waals surface area (Å²) in [5, 5.41) is 2.82. The number of rotatable bonds is 5. The lowest BCUT2D eigenvalue weighted by Gasteiger charge is -2.36. The molecule has 4 rings (SSSR count). The van der Waals surface area contributed by atoms with Crippen LogP contribution in [0.1, 0.15) is 31.8 Å². The van der Waals surface area contributed by atoms with Gasteiger partial charge in [0.1, 0.15) is 5.82 Å². The van der Waals surface area contributed by atoms with E-state index in [4.69, 9.17) is 10.5 Å². The molecule has 0 spiro atoms. The molecule has 0 atom stereocenters. The molecule has 0 unspecified atom stereocenters. The number of anilines is 3. The zero-order valence-corrected chi connectivity index (χ0v) is 20.6.